The molecule has 0 spiro atoms. The number of carboxylic acid groups (broad SMARTS) is 1. The molecule has 0 bridgehead atoms. The van der Waals surface area contributed by atoms with Crippen LogP contribution in [0.5, 0.6) is 0 Å². The van der Waals surface area contributed by atoms with Crippen molar-refractivity contribution in [1.82, 2.24) is 4.72 Å². The summed E-state index contributed by atoms with van der Waals surface area (Å²) < 4.78 is 49.2. The first-order valence-electron chi connectivity index (χ1n) is 5.90. The Hall–Kier alpha value is -1.54. The third kappa shape index (κ3) is 2.80. The zero-order valence-electron chi connectivity index (χ0n) is 10.3. The summed E-state index contributed by atoms with van der Waals surface area (Å²) in [5.74, 6) is -0.941. The molecule has 1 saturated carbocycles. The predicted molar refractivity (Wildman–Crippen MR) is 66.2 cm³/mol. The van der Waals surface area contributed by atoms with Gasteiger partial charge in [-0.15, -0.1) is 0 Å². The van der Waals surface area contributed by atoms with E-state index in [1.165, 1.54) is 24.3 Å². The van der Waals surface area contributed by atoms with Gasteiger partial charge in [-0.3, -0.25) is 4.79 Å². The molecule has 8 heteroatoms. The molecule has 1 aromatic carbocycles. The average Bonchev–Trinajstić information content (AvgIpc) is 3.18. The highest BCUT2D eigenvalue weighted by molar-refractivity contribution is 7.89. The molecule has 1 aliphatic rings. The van der Waals surface area contributed by atoms with E-state index in [1.807, 2.05) is 0 Å². The molecule has 0 aliphatic heterocycles. The quantitative estimate of drug-likeness (QED) is 0.831. The molecule has 1 aliphatic carbocycles. The Kier molecular flexibility index (Phi) is 3.79. The minimum absolute atomic E-state index is 0.164. The number of halogens is 2. The van der Waals surface area contributed by atoms with E-state index in [1.54, 1.807) is 4.72 Å². The highest BCUT2D eigenvalue weighted by atomic mass is 32.2. The highest BCUT2D eigenvalue weighted by Gasteiger charge is 2.51. The fourth-order valence-corrected chi connectivity index (χ4v) is 2.97. The molecule has 0 heterocycles. The van der Waals surface area contributed by atoms with Crippen molar-refractivity contribution in [1.29, 1.82) is 0 Å². The van der Waals surface area contributed by atoms with Crippen LogP contribution in [0.25, 0.3) is 0 Å². The average molecular weight is 305 g/mol. The van der Waals surface area contributed by atoms with Crippen LogP contribution in [0.2, 0.25) is 0 Å². The molecule has 0 amide bonds. The first-order valence-corrected chi connectivity index (χ1v) is 7.38. The molecule has 0 radical (unpaired) electrons. The number of nitrogens with one attached hydrogen (secondary N) is 1. The van der Waals surface area contributed by atoms with Crippen molar-refractivity contribution in [2.75, 3.05) is 6.54 Å². The van der Waals surface area contributed by atoms with Crippen LogP contribution in [0.3, 0.4) is 0 Å². The van der Waals surface area contributed by atoms with Crippen LogP contribution in [-0.4, -0.2) is 32.5 Å². The second kappa shape index (κ2) is 5.10. The standard InChI is InChI=1S/C12H13F2NO4S/c13-10(14)7-15-20(18,19)9-3-1-8(2-4-9)12(5-6-12)11(16)17/h1-4,10,15H,5-7H2,(H,16,17). The number of hydrogen-bond acceptors (Lipinski definition) is 3. The van der Waals surface area contributed by atoms with Crippen molar-refractivity contribution < 1.29 is 27.1 Å². The molecule has 2 rings (SSSR count). The SMILES string of the molecule is O=C(O)C1(c2ccc(S(=O)(=O)NCC(F)F)cc2)CC1. The summed E-state index contributed by atoms with van der Waals surface area (Å²) >= 11 is 0. The Morgan fingerprint density at radius 2 is 1.85 bits per heavy atom. The van der Waals surface area contributed by atoms with E-state index in [-0.39, 0.29) is 4.90 Å². The van der Waals surface area contributed by atoms with Gasteiger partial charge in [0.25, 0.3) is 6.43 Å². The van der Waals surface area contributed by atoms with Gasteiger partial charge in [0.15, 0.2) is 0 Å². The summed E-state index contributed by atoms with van der Waals surface area (Å²) in [4.78, 5) is 11.0. The van der Waals surface area contributed by atoms with Crippen molar-refractivity contribution >= 4 is 16.0 Å². The van der Waals surface area contributed by atoms with Gasteiger partial charge >= 0.3 is 5.97 Å². The Morgan fingerprint density at radius 3 is 2.25 bits per heavy atom. The minimum Gasteiger partial charge on any atom is -0.481 e. The maximum Gasteiger partial charge on any atom is 0.314 e. The largest absolute Gasteiger partial charge is 0.481 e. The van der Waals surface area contributed by atoms with E-state index in [4.69, 9.17) is 5.11 Å². The summed E-state index contributed by atoms with van der Waals surface area (Å²) in [5.41, 5.74) is -0.392. The Morgan fingerprint density at radius 1 is 1.30 bits per heavy atom. The third-order valence-electron chi connectivity index (χ3n) is 3.30. The molecule has 0 aromatic heterocycles. The highest BCUT2D eigenvalue weighted by Crippen LogP contribution is 2.48. The second-order valence-electron chi connectivity index (χ2n) is 4.65. The normalized spacial score (nSPS) is 17.1. The van der Waals surface area contributed by atoms with Crippen LogP contribution < -0.4 is 4.72 Å². The molecule has 20 heavy (non-hydrogen) atoms. The van der Waals surface area contributed by atoms with Gasteiger partial charge < -0.3 is 5.11 Å². The fourth-order valence-electron chi connectivity index (χ4n) is 1.96. The number of benzene rings is 1. The van der Waals surface area contributed by atoms with E-state index >= 15 is 0 Å². The van der Waals surface area contributed by atoms with Crippen molar-refractivity contribution in [2.45, 2.75) is 29.6 Å². The minimum atomic E-state index is -3.99. The van der Waals surface area contributed by atoms with Gasteiger partial charge in [0.2, 0.25) is 10.0 Å². The second-order valence-corrected chi connectivity index (χ2v) is 6.42. The molecule has 110 valence electrons. The molecular formula is C12H13F2NO4S. The summed E-state index contributed by atoms with van der Waals surface area (Å²) in [6.45, 7) is -0.955. The smallest absolute Gasteiger partial charge is 0.314 e. The Labute approximate surface area is 114 Å². The van der Waals surface area contributed by atoms with Crippen molar-refractivity contribution in [3.8, 4) is 0 Å². The monoisotopic (exact) mass is 305 g/mol. The van der Waals surface area contributed by atoms with Gasteiger partial charge in [-0.2, -0.15) is 0 Å². The van der Waals surface area contributed by atoms with E-state index in [2.05, 4.69) is 0 Å². The van der Waals surface area contributed by atoms with Gasteiger partial charge in [0.1, 0.15) is 0 Å². The van der Waals surface area contributed by atoms with Gasteiger partial charge in [-0.1, -0.05) is 12.1 Å². The van der Waals surface area contributed by atoms with Crippen LogP contribution in [0.4, 0.5) is 8.78 Å². The number of carbonyl (C=O) groups is 1. The molecule has 5 nitrogen and oxygen atoms in total. The topological polar surface area (TPSA) is 83.5 Å². The summed E-state index contributed by atoms with van der Waals surface area (Å²) in [6, 6.07) is 5.29. The van der Waals surface area contributed by atoms with Crippen molar-refractivity contribution in [3.05, 3.63) is 29.8 Å². The number of sulfonamides is 1. The van der Waals surface area contributed by atoms with Crippen LogP contribution in [0, 0.1) is 0 Å². The molecule has 0 unspecified atom stereocenters. The number of aliphatic carboxylic acids is 1. The van der Waals surface area contributed by atoms with E-state index in [0.717, 1.165) is 0 Å². The molecule has 1 aromatic rings. The van der Waals surface area contributed by atoms with E-state index in [0.29, 0.717) is 18.4 Å². The summed E-state index contributed by atoms with van der Waals surface area (Å²) in [6.07, 6.45) is -1.75. The van der Waals surface area contributed by atoms with Crippen LogP contribution in [-0.2, 0) is 20.2 Å². The van der Waals surface area contributed by atoms with Crippen LogP contribution in [0.1, 0.15) is 18.4 Å². The molecule has 2 N–H and O–H groups in total. The lowest BCUT2D eigenvalue weighted by atomic mass is 9.96. The predicted octanol–water partition coefficient (Wildman–Crippen LogP) is 1.35. The molecule has 1 fully saturated rings. The zero-order chi connectivity index (χ0) is 15.0. The lowest BCUT2D eigenvalue weighted by Crippen LogP contribution is -2.28. The number of alkyl halides is 2. The van der Waals surface area contributed by atoms with Gasteiger partial charge in [0, 0.05) is 0 Å². The van der Waals surface area contributed by atoms with E-state index in [9.17, 15) is 22.0 Å². The third-order valence-corrected chi connectivity index (χ3v) is 4.74. The summed E-state index contributed by atoms with van der Waals surface area (Å²) in [5, 5.41) is 9.12. The Balaban J connectivity index is 2.19. The van der Waals surface area contributed by atoms with Gasteiger partial charge in [-0.25, -0.2) is 21.9 Å². The molecule has 0 atom stereocenters. The lowest BCUT2D eigenvalue weighted by Gasteiger charge is -2.11. The van der Waals surface area contributed by atoms with Crippen LogP contribution >= 0.6 is 0 Å². The molecule has 0 saturated heterocycles. The van der Waals surface area contributed by atoms with E-state index < -0.39 is 34.4 Å². The Bertz CT molecular complexity index is 609. The molecular weight excluding hydrogens is 292 g/mol. The van der Waals surface area contributed by atoms with Gasteiger partial charge in [-0.05, 0) is 30.5 Å². The maximum absolute atomic E-state index is 12.0. The lowest BCUT2D eigenvalue weighted by molar-refractivity contribution is -0.140. The first kappa shape index (κ1) is 14.9. The number of hydrogen-bond donors (Lipinski definition) is 2. The zero-order valence-corrected chi connectivity index (χ0v) is 11.2. The number of carboxylic acids is 1. The van der Waals surface area contributed by atoms with Crippen molar-refractivity contribution in [2.24, 2.45) is 0 Å². The van der Waals surface area contributed by atoms with Crippen molar-refractivity contribution in [3.63, 3.8) is 0 Å². The summed E-state index contributed by atoms with van der Waals surface area (Å²) in [7, 11) is -3.99. The fraction of sp³-hybridized carbons (Fsp3) is 0.417. The van der Waals surface area contributed by atoms with Gasteiger partial charge in [0.05, 0.1) is 16.9 Å². The number of rotatable bonds is 6. The van der Waals surface area contributed by atoms with Crippen LogP contribution in [0.15, 0.2) is 29.2 Å². The first-order chi connectivity index (χ1) is 9.28. The maximum atomic E-state index is 12.0.